The fraction of sp³-hybridized carbons (Fsp3) is 0.500. The summed E-state index contributed by atoms with van der Waals surface area (Å²) in [7, 11) is -2.98. The van der Waals surface area contributed by atoms with E-state index in [-0.39, 0.29) is 17.4 Å². The number of sulfone groups is 1. The first kappa shape index (κ1) is 11.6. The Morgan fingerprint density at radius 3 is 2.81 bits per heavy atom. The molecular formula is C10H13NO3S2. The number of rotatable bonds is 2. The van der Waals surface area contributed by atoms with E-state index in [0.29, 0.717) is 11.3 Å². The number of thiophene rings is 1. The molecule has 0 saturated carbocycles. The van der Waals surface area contributed by atoms with Crippen molar-refractivity contribution in [3.63, 3.8) is 0 Å². The van der Waals surface area contributed by atoms with Crippen LogP contribution in [-0.2, 0) is 9.84 Å². The van der Waals surface area contributed by atoms with Crippen LogP contribution in [0.3, 0.4) is 0 Å². The first-order chi connectivity index (χ1) is 7.40. The fourth-order valence-electron chi connectivity index (χ4n) is 1.85. The molecule has 1 aromatic rings. The first-order valence-electron chi connectivity index (χ1n) is 4.97. The van der Waals surface area contributed by atoms with Crippen molar-refractivity contribution >= 4 is 27.1 Å². The summed E-state index contributed by atoms with van der Waals surface area (Å²) in [5, 5.41) is 4.63. The summed E-state index contributed by atoms with van der Waals surface area (Å²) in [6, 6.07) is 3.53. The van der Waals surface area contributed by atoms with Crippen LogP contribution in [-0.4, -0.2) is 31.4 Å². The van der Waals surface area contributed by atoms with Crippen LogP contribution in [0.4, 0.5) is 0 Å². The Morgan fingerprint density at radius 2 is 2.31 bits per heavy atom. The van der Waals surface area contributed by atoms with Crippen LogP contribution in [0.25, 0.3) is 0 Å². The third-order valence-electron chi connectivity index (χ3n) is 2.66. The van der Waals surface area contributed by atoms with Crippen molar-refractivity contribution in [2.24, 2.45) is 0 Å². The Hall–Kier alpha value is -0.880. The average Bonchev–Trinajstić information content (AvgIpc) is 2.73. The van der Waals surface area contributed by atoms with Gasteiger partial charge < -0.3 is 5.32 Å². The first-order valence-corrected chi connectivity index (χ1v) is 7.67. The maximum Gasteiger partial charge on any atom is 0.261 e. The number of nitrogens with one attached hydrogen (secondary N) is 1. The highest BCUT2D eigenvalue weighted by molar-refractivity contribution is 7.91. The Morgan fingerprint density at radius 1 is 1.56 bits per heavy atom. The van der Waals surface area contributed by atoms with E-state index in [9.17, 15) is 13.2 Å². The van der Waals surface area contributed by atoms with Crippen molar-refractivity contribution in [1.29, 1.82) is 0 Å². The summed E-state index contributed by atoms with van der Waals surface area (Å²) in [5.41, 5.74) is -0.611. The molecule has 2 rings (SSSR count). The van der Waals surface area contributed by atoms with E-state index in [2.05, 4.69) is 5.32 Å². The number of carbonyl (C=O) groups is 1. The molecule has 1 aliphatic heterocycles. The molecule has 0 radical (unpaired) electrons. The second kappa shape index (κ2) is 3.85. The highest BCUT2D eigenvalue weighted by Gasteiger charge is 2.39. The van der Waals surface area contributed by atoms with Crippen LogP contribution in [0.15, 0.2) is 17.5 Å². The van der Waals surface area contributed by atoms with Gasteiger partial charge in [-0.25, -0.2) is 8.42 Å². The van der Waals surface area contributed by atoms with E-state index in [4.69, 9.17) is 0 Å². The molecule has 16 heavy (non-hydrogen) atoms. The van der Waals surface area contributed by atoms with E-state index >= 15 is 0 Å². The molecule has 0 aromatic carbocycles. The Bertz CT molecular complexity index is 492. The number of hydrogen-bond acceptors (Lipinski definition) is 4. The lowest BCUT2D eigenvalue weighted by Gasteiger charge is -2.23. The molecule has 1 amide bonds. The fourth-order valence-corrected chi connectivity index (χ4v) is 4.56. The van der Waals surface area contributed by atoms with Crippen molar-refractivity contribution in [1.82, 2.24) is 5.32 Å². The van der Waals surface area contributed by atoms with Gasteiger partial charge in [-0.2, -0.15) is 0 Å². The maximum absolute atomic E-state index is 11.8. The second-order valence-electron chi connectivity index (χ2n) is 4.33. The molecule has 88 valence electrons. The number of amides is 1. The molecule has 0 aliphatic carbocycles. The van der Waals surface area contributed by atoms with Crippen molar-refractivity contribution in [2.75, 3.05) is 11.5 Å². The van der Waals surface area contributed by atoms with Gasteiger partial charge in [0, 0.05) is 0 Å². The topological polar surface area (TPSA) is 63.2 Å². The minimum atomic E-state index is -2.98. The van der Waals surface area contributed by atoms with E-state index in [1.54, 1.807) is 19.1 Å². The van der Waals surface area contributed by atoms with Crippen LogP contribution in [0.1, 0.15) is 23.0 Å². The van der Waals surface area contributed by atoms with Gasteiger partial charge in [0.2, 0.25) is 0 Å². The predicted molar refractivity (Wildman–Crippen MR) is 63.5 cm³/mol. The van der Waals surface area contributed by atoms with Crippen molar-refractivity contribution in [3.8, 4) is 0 Å². The summed E-state index contributed by atoms with van der Waals surface area (Å²) in [5.74, 6) is 0.0142. The standard InChI is InChI=1S/C10H13NO3S2/c1-10(4-6-16(13,14)7-10)11-9(12)8-3-2-5-15-8/h2-3,5H,4,6-7H2,1H3,(H,11,12). The van der Waals surface area contributed by atoms with Gasteiger partial charge in [0.15, 0.2) is 9.84 Å². The minimum Gasteiger partial charge on any atom is -0.345 e. The monoisotopic (exact) mass is 259 g/mol. The van der Waals surface area contributed by atoms with Gasteiger partial charge >= 0.3 is 0 Å². The molecular weight excluding hydrogens is 246 g/mol. The average molecular weight is 259 g/mol. The molecule has 2 heterocycles. The normalized spacial score (nSPS) is 27.8. The molecule has 6 heteroatoms. The maximum atomic E-state index is 11.8. The largest absolute Gasteiger partial charge is 0.345 e. The molecule has 0 spiro atoms. The van der Waals surface area contributed by atoms with Crippen molar-refractivity contribution in [2.45, 2.75) is 18.9 Å². The van der Waals surface area contributed by atoms with E-state index < -0.39 is 15.4 Å². The third-order valence-corrected chi connectivity index (χ3v) is 5.44. The van der Waals surface area contributed by atoms with Gasteiger partial charge in [-0.15, -0.1) is 11.3 Å². The van der Waals surface area contributed by atoms with Gasteiger partial charge in [-0.1, -0.05) is 6.07 Å². The summed E-state index contributed by atoms with van der Waals surface area (Å²) in [6.07, 6.45) is 0.493. The molecule has 1 fully saturated rings. The van der Waals surface area contributed by atoms with Crippen LogP contribution in [0.2, 0.25) is 0 Å². The van der Waals surface area contributed by atoms with Crippen LogP contribution >= 0.6 is 11.3 Å². The Balaban J connectivity index is 2.09. The number of hydrogen-bond donors (Lipinski definition) is 1. The smallest absolute Gasteiger partial charge is 0.261 e. The highest BCUT2D eigenvalue weighted by atomic mass is 32.2. The SMILES string of the molecule is CC1(NC(=O)c2cccs2)CCS(=O)(=O)C1. The van der Waals surface area contributed by atoms with Gasteiger partial charge in [-0.05, 0) is 24.8 Å². The summed E-state index contributed by atoms with van der Waals surface area (Å²) in [6.45, 7) is 1.78. The lowest BCUT2D eigenvalue weighted by molar-refractivity contribution is 0.0919. The quantitative estimate of drug-likeness (QED) is 0.863. The highest BCUT2D eigenvalue weighted by Crippen LogP contribution is 2.23. The molecule has 1 aliphatic rings. The minimum absolute atomic E-state index is 0.0388. The van der Waals surface area contributed by atoms with Gasteiger partial charge in [0.05, 0.1) is 21.9 Å². The van der Waals surface area contributed by atoms with Gasteiger partial charge in [-0.3, -0.25) is 4.79 Å². The van der Waals surface area contributed by atoms with Crippen molar-refractivity contribution in [3.05, 3.63) is 22.4 Å². The lowest BCUT2D eigenvalue weighted by Crippen LogP contribution is -2.46. The molecule has 1 unspecified atom stereocenters. The second-order valence-corrected chi connectivity index (χ2v) is 7.47. The third kappa shape index (κ3) is 2.44. The zero-order valence-electron chi connectivity index (χ0n) is 8.89. The van der Waals surface area contributed by atoms with Gasteiger partial charge in [0.1, 0.15) is 0 Å². The summed E-state index contributed by atoms with van der Waals surface area (Å²) >= 11 is 1.35. The molecule has 0 bridgehead atoms. The lowest BCUT2D eigenvalue weighted by atomic mass is 10.0. The van der Waals surface area contributed by atoms with Crippen molar-refractivity contribution < 1.29 is 13.2 Å². The van der Waals surface area contributed by atoms with Crippen LogP contribution in [0, 0.1) is 0 Å². The van der Waals surface area contributed by atoms with E-state index in [1.165, 1.54) is 11.3 Å². The van der Waals surface area contributed by atoms with E-state index in [1.807, 2.05) is 5.38 Å². The van der Waals surface area contributed by atoms with Crippen LogP contribution < -0.4 is 5.32 Å². The molecule has 1 aromatic heterocycles. The molecule has 4 nitrogen and oxygen atoms in total. The van der Waals surface area contributed by atoms with E-state index in [0.717, 1.165) is 0 Å². The van der Waals surface area contributed by atoms with Gasteiger partial charge in [0.25, 0.3) is 5.91 Å². The summed E-state index contributed by atoms with van der Waals surface area (Å²) < 4.78 is 22.7. The predicted octanol–water partition coefficient (Wildman–Crippen LogP) is 1.06. The number of carbonyl (C=O) groups excluding carboxylic acids is 1. The zero-order chi connectivity index (χ0) is 11.8. The zero-order valence-corrected chi connectivity index (χ0v) is 10.5. The summed E-state index contributed by atoms with van der Waals surface area (Å²) in [4.78, 5) is 12.4. The Kier molecular flexibility index (Phi) is 2.79. The molecule has 1 saturated heterocycles. The molecule has 1 N–H and O–H groups in total. The molecule has 1 atom stereocenters. The Labute approximate surface area is 98.6 Å². The van der Waals surface area contributed by atoms with Crippen LogP contribution in [0.5, 0.6) is 0 Å².